The summed E-state index contributed by atoms with van der Waals surface area (Å²) in [6, 6.07) is 7.51. The van der Waals surface area contributed by atoms with E-state index in [0.717, 1.165) is 11.3 Å². The number of oxime groups is 1. The molecule has 0 aromatic carbocycles. The molecule has 0 aliphatic heterocycles. The Morgan fingerprint density at radius 1 is 1.53 bits per heavy atom. The van der Waals surface area contributed by atoms with Crippen molar-refractivity contribution in [1.82, 2.24) is 10.3 Å². The van der Waals surface area contributed by atoms with Crippen LogP contribution in [0.15, 0.2) is 46.3 Å². The number of hydrogen-bond acceptors (Lipinski definition) is 5. The second-order valence-corrected chi connectivity index (χ2v) is 4.11. The van der Waals surface area contributed by atoms with Crippen LogP contribution in [0.2, 0.25) is 0 Å². The fourth-order valence-electron chi connectivity index (χ4n) is 1.76. The molecule has 0 aliphatic rings. The van der Waals surface area contributed by atoms with Gasteiger partial charge >= 0.3 is 0 Å². The van der Waals surface area contributed by atoms with Gasteiger partial charge in [-0.15, -0.1) is 0 Å². The molecule has 2 rings (SSSR count). The van der Waals surface area contributed by atoms with Gasteiger partial charge in [0.1, 0.15) is 11.5 Å². The molecular weight excluding hydrogens is 244 g/mol. The molecule has 2 aromatic rings. The Labute approximate surface area is 110 Å². The minimum absolute atomic E-state index is 0.00283. The maximum absolute atomic E-state index is 8.73. The summed E-state index contributed by atoms with van der Waals surface area (Å²) in [6.07, 6.45) is 3.24. The van der Waals surface area contributed by atoms with Crippen LogP contribution in [0.4, 0.5) is 0 Å². The Kier molecular flexibility index (Phi) is 4.15. The first-order chi connectivity index (χ1) is 9.22. The molecule has 0 fully saturated rings. The van der Waals surface area contributed by atoms with E-state index in [1.807, 2.05) is 31.2 Å². The van der Waals surface area contributed by atoms with E-state index in [0.29, 0.717) is 12.2 Å². The Balaban J connectivity index is 2.08. The SMILES string of the molecule is C[C@H](NCc1cccnc1/C(N)=N/O)c1ccco1. The van der Waals surface area contributed by atoms with Crippen molar-refractivity contribution in [1.29, 1.82) is 0 Å². The molecule has 0 amide bonds. The maximum Gasteiger partial charge on any atom is 0.189 e. The number of rotatable bonds is 5. The van der Waals surface area contributed by atoms with Crippen LogP contribution in [-0.2, 0) is 6.54 Å². The van der Waals surface area contributed by atoms with Gasteiger partial charge in [-0.3, -0.25) is 4.98 Å². The Bertz CT molecular complexity index is 552. The molecule has 19 heavy (non-hydrogen) atoms. The van der Waals surface area contributed by atoms with Crippen LogP contribution < -0.4 is 11.1 Å². The molecule has 2 aromatic heterocycles. The van der Waals surface area contributed by atoms with Crippen molar-refractivity contribution in [3.63, 3.8) is 0 Å². The Morgan fingerprint density at radius 3 is 3.05 bits per heavy atom. The standard InChI is InChI=1S/C13H16N4O2/c1-9(11-5-3-7-19-11)16-8-10-4-2-6-15-12(10)13(14)17-18/h2-7,9,16,18H,8H2,1H3,(H2,14,17)/t9-/m0/s1. The predicted octanol–water partition coefficient (Wildman–Crippen LogP) is 1.62. The fraction of sp³-hybridized carbons (Fsp3) is 0.231. The highest BCUT2D eigenvalue weighted by Gasteiger charge is 2.11. The monoisotopic (exact) mass is 260 g/mol. The van der Waals surface area contributed by atoms with E-state index in [4.69, 9.17) is 15.4 Å². The van der Waals surface area contributed by atoms with Crippen molar-refractivity contribution in [2.75, 3.05) is 0 Å². The summed E-state index contributed by atoms with van der Waals surface area (Å²) in [7, 11) is 0. The fourth-order valence-corrected chi connectivity index (χ4v) is 1.76. The summed E-state index contributed by atoms with van der Waals surface area (Å²) in [5.74, 6) is 0.859. The normalized spacial score (nSPS) is 13.4. The molecule has 4 N–H and O–H groups in total. The quantitative estimate of drug-likeness (QED) is 0.328. The summed E-state index contributed by atoms with van der Waals surface area (Å²) in [4.78, 5) is 4.11. The zero-order chi connectivity index (χ0) is 13.7. The first kappa shape index (κ1) is 13.1. The van der Waals surface area contributed by atoms with Gasteiger partial charge in [0.2, 0.25) is 0 Å². The zero-order valence-electron chi connectivity index (χ0n) is 10.6. The molecule has 100 valence electrons. The van der Waals surface area contributed by atoms with E-state index in [1.54, 1.807) is 12.5 Å². The maximum atomic E-state index is 8.73. The molecule has 0 radical (unpaired) electrons. The van der Waals surface area contributed by atoms with Crippen molar-refractivity contribution < 1.29 is 9.62 Å². The molecular formula is C13H16N4O2. The van der Waals surface area contributed by atoms with Crippen LogP contribution in [-0.4, -0.2) is 16.0 Å². The van der Waals surface area contributed by atoms with Gasteiger partial charge in [-0.2, -0.15) is 0 Å². The van der Waals surface area contributed by atoms with Crippen molar-refractivity contribution in [3.05, 3.63) is 53.7 Å². The topological polar surface area (TPSA) is 96.7 Å². The highest BCUT2D eigenvalue weighted by atomic mass is 16.4. The average Bonchev–Trinajstić information content (AvgIpc) is 2.98. The summed E-state index contributed by atoms with van der Waals surface area (Å²) in [5, 5.41) is 15.0. The number of hydrogen-bond donors (Lipinski definition) is 3. The number of aromatic nitrogens is 1. The van der Waals surface area contributed by atoms with Gasteiger partial charge in [0.25, 0.3) is 0 Å². The highest BCUT2D eigenvalue weighted by molar-refractivity contribution is 5.96. The number of nitrogens with one attached hydrogen (secondary N) is 1. The lowest BCUT2D eigenvalue weighted by molar-refractivity contribution is 0.318. The third-order valence-corrected chi connectivity index (χ3v) is 2.81. The average molecular weight is 260 g/mol. The molecule has 0 spiro atoms. The first-order valence-corrected chi connectivity index (χ1v) is 5.91. The van der Waals surface area contributed by atoms with Gasteiger partial charge in [0.15, 0.2) is 5.84 Å². The second kappa shape index (κ2) is 6.01. The number of nitrogens with two attached hydrogens (primary N) is 1. The third-order valence-electron chi connectivity index (χ3n) is 2.81. The first-order valence-electron chi connectivity index (χ1n) is 5.91. The van der Waals surface area contributed by atoms with Gasteiger partial charge < -0.3 is 20.7 Å². The molecule has 0 unspecified atom stereocenters. The van der Waals surface area contributed by atoms with E-state index in [1.165, 1.54) is 0 Å². The molecule has 0 saturated heterocycles. The van der Waals surface area contributed by atoms with E-state index in [-0.39, 0.29) is 11.9 Å². The highest BCUT2D eigenvalue weighted by Crippen LogP contribution is 2.14. The minimum Gasteiger partial charge on any atom is -0.468 e. The lowest BCUT2D eigenvalue weighted by Crippen LogP contribution is -2.23. The van der Waals surface area contributed by atoms with E-state index in [2.05, 4.69) is 15.5 Å². The lowest BCUT2D eigenvalue weighted by Gasteiger charge is -2.13. The van der Waals surface area contributed by atoms with Crippen LogP contribution in [0.3, 0.4) is 0 Å². The number of pyridine rings is 1. The Morgan fingerprint density at radius 2 is 2.37 bits per heavy atom. The molecule has 6 nitrogen and oxygen atoms in total. The summed E-state index contributed by atoms with van der Waals surface area (Å²) >= 11 is 0. The summed E-state index contributed by atoms with van der Waals surface area (Å²) < 4.78 is 5.32. The smallest absolute Gasteiger partial charge is 0.189 e. The van der Waals surface area contributed by atoms with Gasteiger partial charge in [0.05, 0.1) is 12.3 Å². The van der Waals surface area contributed by atoms with Crippen LogP contribution in [0.1, 0.15) is 30.0 Å². The largest absolute Gasteiger partial charge is 0.468 e. The van der Waals surface area contributed by atoms with Crippen LogP contribution in [0.5, 0.6) is 0 Å². The lowest BCUT2D eigenvalue weighted by atomic mass is 10.1. The van der Waals surface area contributed by atoms with Gasteiger partial charge in [0, 0.05) is 12.7 Å². The molecule has 2 heterocycles. The summed E-state index contributed by atoms with van der Waals surface area (Å²) in [6.45, 7) is 2.54. The molecule has 0 aliphatic carbocycles. The van der Waals surface area contributed by atoms with Crippen molar-refractivity contribution >= 4 is 5.84 Å². The molecule has 1 atom stereocenters. The number of amidine groups is 1. The second-order valence-electron chi connectivity index (χ2n) is 4.11. The Hall–Kier alpha value is -2.34. The number of nitrogens with zero attached hydrogens (tertiary/aromatic N) is 2. The van der Waals surface area contributed by atoms with E-state index in [9.17, 15) is 0 Å². The third kappa shape index (κ3) is 3.11. The number of furan rings is 1. The van der Waals surface area contributed by atoms with Gasteiger partial charge in [-0.25, -0.2) is 0 Å². The van der Waals surface area contributed by atoms with Crippen molar-refractivity contribution in [2.24, 2.45) is 10.9 Å². The molecule has 0 saturated carbocycles. The summed E-state index contributed by atoms with van der Waals surface area (Å²) in [5.41, 5.74) is 6.92. The van der Waals surface area contributed by atoms with Crippen LogP contribution >= 0.6 is 0 Å². The zero-order valence-corrected chi connectivity index (χ0v) is 10.6. The minimum atomic E-state index is 0.00283. The van der Waals surface area contributed by atoms with E-state index < -0.39 is 0 Å². The molecule has 0 bridgehead atoms. The van der Waals surface area contributed by atoms with Gasteiger partial charge in [-0.05, 0) is 30.7 Å². The van der Waals surface area contributed by atoms with Crippen LogP contribution in [0.25, 0.3) is 0 Å². The van der Waals surface area contributed by atoms with Crippen molar-refractivity contribution in [2.45, 2.75) is 19.5 Å². The predicted molar refractivity (Wildman–Crippen MR) is 70.7 cm³/mol. The van der Waals surface area contributed by atoms with E-state index >= 15 is 0 Å². The van der Waals surface area contributed by atoms with Gasteiger partial charge in [-0.1, -0.05) is 11.2 Å². The molecule has 6 heteroatoms. The van der Waals surface area contributed by atoms with Crippen molar-refractivity contribution in [3.8, 4) is 0 Å². The van der Waals surface area contributed by atoms with Crippen LogP contribution in [0, 0.1) is 0 Å².